The van der Waals surface area contributed by atoms with Gasteiger partial charge in [0.05, 0.1) is 0 Å². The van der Waals surface area contributed by atoms with Crippen molar-refractivity contribution in [3.8, 4) is 56.4 Å². The van der Waals surface area contributed by atoms with Gasteiger partial charge in [0, 0.05) is 36.9 Å². The molecule has 0 atom stereocenters. The smallest absolute Gasteiger partial charge is 0.164 e. The number of rotatable bonds is 5. The highest BCUT2D eigenvalue weighted by molar-refractivity contribution is 7.26. The zero-order valence-corrected chi connectivity index (χ0v) is 24.0. The van der Waals surface area contributed by atoms with E-state index in [1.165, 1.54) is 36.9 Å². The Hall–Kier alpha value is -5.45. The molecule has 0 radical (unpaired) electrons. The SMILES string of the molecule is c1ccc(-c2ccc(-c3nc(-c4ccccc4)nc(-c4ccc5c(c4)sc4cccc(-c6ccccc6)c45)n3)cc2)cc1. The number of hydrogen-bond donors (Lipinski definition) is 0. The van der Waals surface area contributed by atoms with Crippen molar-refractivity contribution < 1.29 is 0 Å². The first-order valence-corrected chi connectivity index (χ1v) is 15.1. The van der Waals surface area contributed by atoms with Crippen molar-refractivity contribution in [2.45, 2.75) is 0 Å². The molecule has 0 unspecified atom stereocenters. The summed E-state index contributed by atoms with van der Waals surface area (Å²) in [5, 5.41) is 2.54. The van der Waals surface area contributed by atoms with Gasteiger partial charge in [-0.05, 0) is 34.4 Å². The third-order valence-corrected chi connectivity index (χ3v) is 8.88. The predicted molar refractivity (Wildman–Crippen MR) is 180 cm³/mol. The van der Waals surface area contributed by atoms with E-state index in [0.29, 0.717) is 17.5 Å². The summed E-state index contributed by atoms with van der Waals surface area (Å²) < 4.78 is 2.49. The van der Waals surface area contributed by atoms with E-state index in [1.54, 1.807) is 0 Å². The molecule has 0 aliphatic carbocycles. The Kier molecular flexibility index (Phi) is 6.32. The number of hydrogen-bond acceptors (Lipinski definition) is 4. The van der Waals surface area contributed by atoms with E-state index in [1.807, 2.05) is 47.7 Å². The van der Waals surface area contributed by atoms with Gasteiger partial charge in [-0.15, -0.1) is 11.3 Å². The van der Waals surface area contributed by atoms with E-state index in [9.17, 15) is 0 Å². The van der Waals surface area contributed by atoms with Crippen molar-refractivity contribution in [2.75, 3.05) is 0 Å². The molecule has 0 saturated carbocycles. The second kappa shape index (κ2) is 10.8. The van der Waals surface area contributed by atoms with Crippen LogP contribution in [0.2, 0.25) is 0 Å². The molecule has 0 saturated heterocycles. The van der Waals surface area contributed by atoms with Gasteiger partial charge in [-0.25, -0.2) is 15.0 Å². The summed E-state index contributed by atoms with van der Waals surface area (Å²) in [6, 6.07) is 52.7. The molecule has 202 valence electrons. The monoisotopic (exact) mass is 567 g/mol. The highest BCUT2D eigenvalue weighted by Gasteiger charge is 2.15. The minimum atomic E-state index is 0.659. The van der Waals surface area contributed by atoms with Crippen LogP contribution in [0.5, 0.6) is 0 Å². The summed E-state index contributed by atoms with van der Waals surface area (Å²) in [5.74, 6) is 1.99. The van der Waals surface area contributed by atoms with Crippen molar-refractivity contribution in [1.29, 1.82) is 0 Å². The maximum Gasteiger partial charge on any atom is 0.164 e. The van der Waals surface area contributed by atoms with Crippen LogP contribution in [0.4, 0.5) is 0 Å². The van der Waals surface area contributed by atoms with Gasteiger partial charge in [0.15, 0.2) is 17.5 Å². The third kappa shape index (κ3) is 4.78. The van der Waals surface area contributed by atoms with Crippen molar-refractivity contribution in [2.24, 2.45) is 0 Å². The van der Waals surface area contributed by atoms with Gasteiger partial charge in [0.2, 0.25) is 0 Å². The maximum atomic E-state index is 5.01. The molecular formula is C39H25N3S. The molecule has 3 nitrogen and oxygen atoms in total. The Morgan fingerprint density at radius 2 is 0.837 bits per heavy atom. The van der Waals surface area contributed by atoms with E-state index in [-0.39, 0.29) is 0 Å². The van der Waals surface area contributed by atoms with E-state index >= 15 is 0 Å². The molecule has 8 aromatic rings. The summed E-state index contributed by atoms with van der Waals surface area (Å²) in [6.45, 7) is 0. The lowest BCUT2D eigenvalue weighted by molar-refractivity contribution is 1.07. The van der Waals surface area contributed by atoms with Crippen molar-refractivity contribution in [3.63, 3.8) is 0 Å². The second-order valence-corrected chi connectivity index (χ2v) is 11.6. The van der Waals surface area contributed by atoms with Gasteiger partial charge < -0.3 is 0 Å². The van der Waals surface area contributed by atoms with E-state index in [4.69, 9.17) is 15.0 Å². The van der Waals surface area contributed by atoms with Gasteiger partial charge in [-0.1, -0.05) is 140 Å². The van der Waals surface area contributed by atoms with Gasteiger partial charge >= 0.3 is 0 Å². The molecule has 2 aromatic heterocycles. The molecule has 0 N–H and O–H groups in total. The fraction of sp³-hybridized carbons (Fsp3) is 0. The summed E-state index contributed by atoms with van der Waals surface area (Å²) in [6.07, 6.45) is 0. The zero-order chi connectivity index (χ0) is 28.6. The molecule has 0 bridgehead atoms. The van der Waals surface area contributed by atoms with Crippen LogP contribution in [-0.4, -0.2) is 15.0 Å². The van der Waals surface area contributed by atoms with Crippen molar-refractivity contribution in [1.82, 2.24) is 15.0 Å². The maximum absolute atomic E-state index is 5.01. The molecule has 0 amide bonds. The zero-order valence-electron chi connectivity index (χ0n) is 23.2. The first-order valence-electron chi connectivity index (χ1n) is 14.3. The van der Waals surface area contributed by atoms with Crippen LogP contribution in [0, 0.1) is 0 Å². The second-order valence-electron chi connectivity index (χ2n) is 10.5. The van der Waals surface area contributed by atoms with E-state index in [0.717, 1.165) is 22.3 Å². The Labute approximate surface area is 253 Å². The van der Waals surface area contributed by atoms with Crippen molar-refractivity contribution >= 4 is 31.5 Å². The fourth-order valence-electron chi connectivity index (χ4n) is 5.62. The van der Waals surface area contributed by atoms with Crippen LogP contribution in [0.1, 0.15) is 0 Å². The quantitative estimate of drug-likeness (QED) is 0.208. The Bertz CT molecular complexity index is 2210. The minimum Gasteiger partial charge on any atom is -0.208 e. The lowest BCUT2D eigenvalue weighted by Gasteiger charge is -2.09. The number of benzene rings is 6. The first-order chi connectivity index (χ1) is 21.3. The van der Waals surface area contributed by atoms with Gasteiger partial charge in [0.1, 0.15) is 0 Å². The van der Waals surface area contributed by atoms with Crippen LogP contribution in [-0.2, 0) is 0 Å². The third-order valence-electron chi connectivity index (χ3n) is 7.76. The highest BCUT2D eigenvalue weighted by atomic mass is 32.1. The lowest BCUT2D eigenvalue weighted by Crippen LogP contribution is -2.00. The number of thiophene rings is 1. The predicted octanol–water partition coefficient (Wildman–Crippen LogP) is 10.6. The topological polar surface area (TPSA) is 38.7 Å². The largest absolute Gasteiger partial charge is 0.208 e. The number of fused-ring (bicyclic) bond motifs is 3. The van der Waals surface area contributed by atoms with Gasteiger partial charge in [-0.2, -0.15) is 0 Å². The molecule has 0 aliphatic rings. The van der Waals surface area contributed by atoms with Gasteiger partial charge in [-0.3, -0.25) is 0 Å². The fourth-order valence-corrected chi connectivity index (χ4v) is 6.79. The Morgan fingerprint density at radius 3 is 1.49 bits per heavy atom. The first kappa shape index (κ1) is 25.3. The van der Waals surface area contributed by atoms with Crippen LogP contribution in [0.15, 0.2) is 152 Å². The van der Waals surface area contributed by atoms with Crippen LogP contribution in [0.25, 0.3) is 76.6 Å². The summed E-state index contributed by atoms with van der Waals surface area (Å²) in [5.41, 5.74) is 7.71. The highest BCUT2D eigenvalue weighted by Crippen LogP contribution is 2.41. The van der Waals surface area contributed by atoms with Crippen LogP contribution in [0.3, 0.4) is 0 Å². The average Bonchev–Trinajstić information content (AvgIpc) is 3.47. The number of aromatic nitrogens is 3. The summed E-state index contributed by atoms with van der Waals surface area (Å²) in [4.78, 5) is 14.9. The molecule has 6 aromatic carbocycles. The van der Waals surface area contributed by atoms with E-state index < -0.39 is 0 Å². The molecule has 2 heterocycles. The van der Waals surface area contributed by atoms with Gasteiger partial charge in [0.25, 0.3) is 0 Å². The lowest BCUT2D eigenvalue weighted by atomic mass is 9.99. The minimum absolute atomic E-state index is 0.659. The molecule has 0 aliphatic heterocycles. The van der Waals surface area contributed by atoms with Crippen molar-refractivity contribution in [3.05, 3.63) is 152 Å². The Balaban J connectivity index is 1.26. The summed E-state index contributed by atoms with van der Waals surface area (Å²) >= 11 is 1.81. The number of nitrogens with zero attached hydrogens (tertiary/aromatic N) is 3. The molecule has 8 rings (SSSR count). The molecule has 4 heteroatoms. The molecule has 0 spiro atoms. The standard InChI is InChI=1S/C39H25N3S/c1-4-11-26(12-5-1)27-19-21-30(22-20-27)38-40-37(29-15-8-3-9-16-29)41-39(42-38)31-23-24-33-35(25-31)43-34-18-10-17-32(36(33)34)28-13-6-2-7-14-28/h1-25H. The average molecular weight is 568 g/mol. The Morgan fingerprint density at radius 1 is 0.349 bits per heavy atom. The summed E-state index contributed by atoms with van der Waals surface area (Å²) in [7, 11) is 0. The normalized spacial score (nSPS) is 11.3. The van der Waals surface area contributed by atoms with E-state index in [2.05, 4.69) is 115 Å². The van der Waals surface area contributed by atoms with Crippen LogP contribution >= 0.6 is 11.3 Å². The molecular weight excluding hydrogens is 543 g/mol. The molecule has 43 heavy (non-hydrogen) atoms. The van der Waals surface area contributed by atoms with Crippen LogP contribution < -0.4 is 0 Å². The molecule has 0 fully saturated rings.